The maximum atomic E-state index is 14.5. The maximum Gasteiger partial charge on any atom is 0.261 e. The first kappa shape index (κ1) is 28.0. The van der Waals surface area contributed by atoms with E-state index in [1.54, 1.807) is 48.5 Å². The van der Waals surface area contributed by atoms with Gasteiger partial charge in [0.05, 0.1) is 11.4 Å². The van der Waals surface area contributed by atoms with Gasteiger partial charge in [-0.1, -0.05) is 24.3 Å². The van der Waals surface area contributed by atoms with Gasteiger partial charge < -0.3 is 20.1 Å². The highest BCUT2D eigenvalue weighted by Crippen LogP contribution is 2.39. The topological polar surface area (TPSA) is 101 Å². The molecule has 2 atom stereocenters. The van der Waals surface area contributed by atoms with Crippen LogP contribution in [0.4, 0.5) is 25.8 Å². The summed E-state index contributed by atoms with van der Waals surface area (Å²) >= 11 is 0. The van der Waals surface area contributed by atoms with Crippen LogP contribution in [0.25, 0.3) is 0 Å². The van der Waals surface area contributed by atoms with Crippen LogP contribution in [0, 0.1) is 17.6 Å². The van der Waals surface area contributed by atoms with Crippen LogP contribution in [0.15, 0.2) is 83.7 Å². The molecule has 2 amide bonds. The van der Waals surface area contributed by atoms with Gasteiger partial charge in [-0.25, -0.2) is 8.78 Å². The third kappa shape index (κ3) is 5.55. The number of Topliss-reactive ketones (excluding diaryl/α,β-unsaturated/α-hetero) is 1. The van der Waals surface area contributed by atoms with E-state index in [1.165, 1.54) is 19.1 Å². The van der Waals surface area contributed by atoms with Crippen molar-refractivity contribution < 1.29 is 23.2 Å². The molecule has 0 spiro atoms. The molecule has 3 aromatic carbocycles. The molecule has 0 unspecified atom stereocenters. The van der Waals surface area contributed by atoms with Gasteiger partial charge >= 0.3 is 0 Å². The Bertz CT molecular complexity index is 1820. The number of anilines is 3. The fraction of sp³-hybridized carbons (Fsp3) is 0.212. The zero-order valence-corrected chi connectivity index (χ0v) is 23.3. The zero-order chi connectivity index (χ0) is 30.2. The molecule has 2 aliphatic heterocycles. The lowest BCUT2D eigenvalue weighted by Gasteiger charge is -2.44. The van der Waals surface area contributed by atoms with Crippen molar-refractivity contribution in [3.63, 3.8) is 0 Å². The molecule has 2 aliphatic rings. The molecular formula is C33H28F2N4O4. The monoisotopic (exact) mass is 582 g/mol. The van der Waals surface area contributed by atoms with Crippen molar-refractivity contribution in [2.45, 2.75) is 25.8 Å². The molecule has 0 radical (unpaired) electrons. The second-order valence-corrected chi connectivity index (χ2v) is 11.0. The number of amides is 2. The number of benzene rings is 3. The number of piperidine rings is 1. The first-order valence-electron chi connectivity index (χ1n) is 13.9. The van der Waals surface area contributed by atoms with Crippen molar-refractivity contribution >= 4 is 34.7 Å². The lowest BCUT2D eigenvalue weighted by atomic mass is 9.83. The Balaban J connectivity index is 1.35. The van der Waals surface area contributed by atoms with Gasteiger partial charge in [-0.05, 0) is 67.8 Å². The van der Waals surface area contributed by atoms with E-state index in [0.29, 0.717) is 36.6 Å². The van der Waals surface area contributed by atoms with Crippen LogP contribution in [0.1, 0.15) is 56.0 Å². The number of rotatable bonds is 6. The molecule has 0 saturated carbocycles. The highest BCUT2D eigenvalue weighted by molar-refractivity contribution is 6.09. The minimum absolute atomic E-state index is 0.0373. The summed E-state index contributed by atoms with van der Waals surface area (Å²) in [5, 5.41) is 5.40. The summed E-state index contributed by atoms with van der Waals surface area (Å²) in [4.78, 5) is 52.8. The minimum atomic E-state index is -1.01. The van der Waals surface area contributed by atoms with Gasteiger partial charge in [-0.3, -0.25) is 19.2 Å². The number of fused-ring (bicyclic) bond motifs is 4. The van der Waals surface area contributed by atoms with Crippen LogP contribution in [0.3, 0.4) is 0 Å². The van der Waals surface area contributed by atoms with Gasteiger partial charge in [0, 0.05) is 54.1 Å². The van der Waals surface area contributed by atoms with E-state index in [9.17, 15) is 28.0 Å². The summed E-state index contributed by atoms with van der Waals surface area (Å²) in [6, 6.07) is 19.7. The van der Waals surface area contributed by atoms with Crippen LogP contribution in [-0.2, 0) is 6.54 Å². The first-order valence-corrected chi connectivity index (χ1v) is 13.9. The standard InChI is InChI=1S/C33H28F2N4O4/c1-19(40)21-5-2-6-24(14-21)36-32(42)22-11-12-29(27(15-22)37-33(43)31-25(34)7-3-8-26(31)35)38-16-20-13-23(18-38)28-9-4-10-30(41)39(28)17-20/h2-12,14-15,20,23H,13,16-18H2,1H3,(H,36,42)(H,37,43)/t20-,23+/m1/s1. The van der Waals surface area contributed by atoms with Crippen LogP contribution >= 0.6 is 0 Å². The SMILES string of the molecule is CC(=O)c1cccc(NC(=O)c2ccc(N3C[C@H]4C[C@@H](C3)c3cccc(=O)n3C4)c(NC(=O)c3c(F)cccc3F)c2)c1. The number of halogens is 2. The van der Waals surface area contributed by atoms with E-state index in [2.05, 4.69) is 15.5 Å². The van der Waals surface area contributed by atoms with E-state index >= 15 is 0 Å². The lowest BCUT2D eigenvalue weighted by Crippen LogP contribution is -2.47. The minimum Gasteiger partial charge on any atom is -0.369 e. The molecule has 6 rings (SSSR count). The molecule has 2 bridgehead atoms. The number of aromatic nitrogens is 1. The van der Waals surface area contributed by atoms with Crippen LogP contribution < -0.4 is 21.1 Å². The van der Waals surface area contributed by atoms with Gasteiger partial charge in [0.2, 0.25) is 0 Å². The van der Waals surface area contributed by atoms with Crippen molar-refractivity contribution in [2.24, 2.45) is 5.92 Å². The van der Waals surface area contributed by atoms with Crippen LogP contribution in [-0.4, -0.2) is 35.3 Å². The molecule has 8 nitrogen and oxygen atoms in total. The van der Waals surface area contributed by atoms with Crippen LogP contribution in [0.2, 0.25) is 0 Å². The Morgan fingerprint density at radius 3 is 2.30 bits per heavy atom. The van der Waals surface area contributed by atoms with Gasteiger partial charge in [0.1, 0.15) is 17.2 Å². The van der Waals surface area contributed by atoms with E-state index in [0.717, 1.165) is 24.2 Å². The van der Waals surface area contributed by atoms with E-state index in [1.807, 2.05) is 10.6 Å². The molecular weight excluding hydrogens is 554 g/mol. The Morgan fingerprint density at radius 1 is 0.791 bits per heavy atom. The Kier molecular flexibility index (Phi) is 7.35. The van der Waals surface area contributed by atoms with Gasteiger partial charge in [-0.15, -0.1) is 0 Å². The molecule has 1 aromatic heterocycles. The number of hydrogen-bond donors (Lipinski definition) is 2. The smallest absolute Gasteiger partial charge is 0.261 e. The summed E-state index contributed by atoms with van der Waals surface area (Å²) < 4.78 is 30.8. The maximum absolute atomic E-state index is 14.5. The van der Waals surface area contributed by atoms with Crippen molar-refractivity contribution in [1.29, 1.82) is 0 Å². The number of carbonyl (C=O) groups excluding carboxylic acids is 3. The summed E-state index contributed by atoms with van der Waals surface area (Å²) in [6.45, 7) is 3.11. The fourth-order valence-corrected chi connectivity index (χ4v) is 6.07. The normalized spacial score (nSPS) is 17.1. The number of hydrogen-bond acceptors (Lipinski definition) is 5. The van der Waals surface area contributed by atoms with Gasteiger partial charge in [0.25, 0.3) is 17.4 Å². The molecule has 43 heavy (non-hydrogen) atoms. The molecule has 218 valence electrons. The summed E-state index contributed by atoms with van der Waals surface area (Å²) in [5.41, 5.74) is 2.01. The van der Waals surface area contributed by atoms with Crippen molar-refractivity contribution in [2.75, 3.05) is 28.6 Å². The van der Waals surface area contributed by atoms with Crippen molar-refractivity contribution in [3.05, 3.63) is 123 Å². The van der Waals surface area contributed by atoms with Gasteiger partial charge in [-0.2, -0.15) is 0 Å². The van der Waals surface area contributed by atoms with Crippen molar-refractivity contribution in [1.82, 2.24) is 4.57 Å². The molecule has 1 fully saturated rings. The molecule has 4 aromatic rings. The number of carbonyl (C=O) groups is 3. The predicted molar refractivity (Wildman–Crippen MR) is 159 cm³/mol. The van der Waals surface area contributed by atoms with E-state index in [-0.39, 0.29) is 34.4 Å². The number of pyridine rings is 1. The predicted octanol–water partition coefficient (Wildman–Crippen LogP) is 5.46. The average molecular weight is 583 g/mol. The summed E-state index contributed by atoms with van der Waals surface area (Å²) in [6.07, 6.45) is 0.905. The number of ketones is 1. The Morgan fingerprint density at radius 2 is 1.53 bits per heavy atom. The Labute approximate surface area is 246 Å². The van der Waals surface area contributed by atoms with E-state index in [4.69, 9.17) is 0 Å². The third-order valence-corrected chi connectivity index (χ3v) is 8.04. The highest BCUT2D eigenvalue weighted by atomic mass is 19.1. The second kappa shape index (κ2) is 11.3. The largest absolute Gasteiger partial charge is 0.369 e. The van der Waals surface area contributed by atoms with Gasteiger partial charge in [0.15, 0.2) is 5.78 Å². The quantitative estimate of drug-likeness (QED) is 0.294. The van der Waals surface area contributed by atoms with Crippen molar-refractivity contribution in [3.8, 4) is 0 Å². The highest BCUT2D eigenvalue weighted by Gasteiger charge is 2.35. The third-order valence-electron chi connectivity index (χ3n) is 8.04. The van der Waals surface area contributed by atoms with Crippen LogP contribution in [0.5, 0.6) is 0 Å². The average Bonchev–Trinajstić information content (AvgIpc) is 2.97. The molecule has 10 heteroatoms. The summed E-state index contributed by atoms with van der Waals surface area (Å²) in [7, 11) is 0. The fourth-order valence-electron chi connectivity index (χ4n) is 6.07. The molecule has 3 heterocycles. The number of nitrogens with one attached hydrogen (secondary N) is 2. The summed E-state index contributed by atoms with van der Waals surface area (Å²) in [5.74, 6) is -3.42. The molecule has 0 aliphatic carbocycles. The van der Waals surface area contributed by atoms with E-state index < -0.39 is 29.0 Å². The zero-order valence-electron chi connectivity index (χ0n) is 23.3. The molecule has 1 saturated heterocycles. The molecule has 2 N–H and O–H groups in total. The first-order chi connectivity index (χ1) is 20.7. The second-order valence-electron chi connectivity index (χ2n) is 11.0. The Hall–Kier alpha value is -5.12. The lowest BCUT2D eigenvalue weighted by molar-refractivity contribution is 0.101. The number of nitrogens with zero attached hydrogens (tertiary/aromatic N) is 2.